The van der Waals surface area contributed by atoms with Crippen LogP contribution in [0.1, 0.15) is 23.7 Å². The number of hydrogen-bond donors (Lipinski definition) is 0. The molecule has 0 aromatic heterocycles. The molecule has 6 nitrogen and oxygen atoms in total. The highest BCUT2D eigenvalue weighted by Crippen LogP contribution is 2.26. The molecular formula is C13H11NO5S. The summed E-state index contributed by atoms with van der Waals surface area (Å²) in [4.78, 5) is 46.3. The average Bonchev–Trinajstić information content (AvgIpc) is 2.66. The van der Waals surface area contributed by atoms with Gasteiger partial charge in [0.15, 0.2) is 6.10 Å². The molecule has 1 fully saturated rings. The lowest BCUT2D eigenvalue weighted by Gasteiger charge is -2.12. The molecule has 2 rings (SSSR count). The maximum absolute atomic E-state index is 11.9. The zero-order chi connectivity index (χ0) is 14.7. The van der Waals surface area contributed by atoms with Crippen LogP contribution in [-0.4, -0.2) is 33.3 Å². The summed E-state index contributed by atoms with van der Waals surface area (Å²) in [6, 6.07) is 8.30. The number of carbonyl (C=O) groups is 4. The van der Waals surface area contributed by atoms with E-state index in [2.05, 4.69) is 0 Å². The second-order valence-corrected chi connectivity index (χ2v) is 4.99. The molecule has 1 unspecified atom stereocenters. The third-order valence-electron chi connectivity index (χ3n) is 2.55. The first-order chi connectivity index (χ1) is 9.49. The normalized spacial score (nSPS) is 18.2. The number of imide groups is 1. The predicted octanol–water partition coefficient (Wildman–Crippen LogP) is 1.17. The van der Waals surface area contributed by atoms with Gasteiger partial charge in [0.2, 0.25) is 11.0 Å². The van der Waals surface area contributed by atoms with E-state index in [1.807, 2.05) is 0 Å². The van der Waals surface area contributed by atoms with Crippen molar-refractivity contribution in [3.05, 3.63) is 35.9 Å². The summed E-state index contributed by atoms with van der Waals surface area (Å²) in [5.41, 5.74) is 0.383. The Kier molecular flexibility index (Phi) is 4.19. The van der Waals surface area contributed by atoms with Gasteiger partial charge < -0.3 is 4.74 Å². The molecule has 1 atom stereocenters. The summed E-state index contributed by atoms with van der Waals surface area (Å²) in [7, 11) is 0. The summed E-state index contributed by atoms with van der Waals surface area (Å²) in [6.45, 7) is 1.16. The van der Waals surface area contributed by atoms with Crippen molar-refractivity contribution in [2.45, 2.75) is 19.4 Å². The molecule has 1 heterocycles. The Bertz CT molecular complexity index is 571. The van der Waals surface area contributed by atoms with Gasteiger partial charge in [-0.15, -0.1) is 0 Å². The van der Waals surface area contributed by atoms with E-state index in [4.69, 9.17) is 4.74 Å². The van der Waals surface area contributed by atoms with E-state index < -0.39 is 29.0 Å². The first kappa shape index (κ1) is 14.3. The monoisotopic (exact) mass is 293 g/mol. The summed E-state index contributed by atoms with van der Waals surface area (Å²) in [5.74, 6) is -1.87. The van der Waals surface area contributed by atoms with Gasteiger partial charge in [-0.1, -0.05) is 30.3 Å². The van der Waals surface area contributed by atoms with Gasteiger partial charge >= 0.3 is 5.97 Å². The highest BCUT2D eigenvalue weighted by Gasteiger charge is 2.42. The van der Waals surface area contributed by atoms with E-state index in [1.165, 1.54) is 0 Å². The Morgan fingerprint density at radius 1 is 1.25 bits per heavy atom. The van der Waals surface area contributed by atoms with Gasteiger partial charge in [-0.25, -0.2) is 4.31 Å². The molecule has 2 amide bonds. The van der Waals surface area contributed by atoms with Crippen LogP contribution < -0.4 is 0 Å². The fraction of sp³-hybridized carbons (Fsp3) is 0.231. The van der Waals surface area contributed by atoms with Gasteiger partial charge in [0, 0.05) is 24.4 Å². The summed E-state index contributed by atoms with van der Waals surface area (Å²) in [5, 5.41) is -0.421. The highest BCUT2D eigenvalue weighted by molar-refractivity contribution is 8.13. The fourth-order valence-electron chi connectivity index (χ4n) is 1.68. The molecule has 1 aliphatic heterocycles. The molecule has 0 spiro atoms. The molecule has 1 saturated heterocycles. The minimum atomic E-state index is -1.13. The number of nitrogens with zero attached hydrogens (tertiary/aromatic N) is 1. The SMILES string of the molecule is CC(=O)OC1CC(=O)N(SC(=O)c2ccccc2)C1=O. The van der Waals surface area contributed by atoms with Gasteiger partial charge in [0.25, 0.3) is 5.91 Å². The van der Waals surface area contributed by atoms with Crippen LogP contribution in [0.2, 0.25) is 0 Å². The van der Waals surface area contributed by atoms with Crippen LogP contribution in [0.15, 0.2) is 30.3 Å². The zero-order valence-corrected chi connectivity index (χ0v) is 11.4. The Morgan fingerprint density at radius 3 is 2.50 bits per heavy atom. The highest BCUT2D eigenvalue weighted by atomic mass is 32.2. The number of benzene rings is 1. The Labute approximate surface area is 119 Å². The Hall–Kier alpha value is -2.15. The van der Waals surface area contributed by atoms with Crippen molar-refractivity contribution in [2.24, 2.45) is 0 Å². The molecule has 0 aliphatic carbocycles. The summed E-state index contributed by atoms with van der Waals surface area (Å²) < 4.78 is 5.49. The van der Waals surface area contributed by atoms with Crippen LogP contribution in [0.5, 0.6) is 0 Å². The fourth-order valence-corrected chi connectivity index (χ4v) is 2.47. The van der Waals surface area contributed by atoms with Crippen LogP contribution in [0.4, 0.5) is 0 Å². The molecule has 104 valence electrons. The van der Waals surface area contributed by atoms with Crippen LogP contribution in [0.3, 0.4) is 0 Å². The lowest BCUT2D eigenvalue weighted by atomic mass is 10.2. The first-order valence-electron chi connectivity index (χ1n) is 5.80. The van der Waals surface area contributed by atoms with E-state index in [0.717, 1.165) is 11.2 Å². The second kappa shape index (κ2) is 5.87. The number of hydrogen-bond acceptors (Lipinski definition) is 6. The Morgan fingerprint density at radius 2 is 1.90 bits per heavy atom. The third-order valence-corrected chi connectivity index (χ3v) is 3.52. The predicted molar refractivity (Wildman–Crippen MR) is 70.4 cm³/mol. The molecule has 20 heavy (non-hydrogen) atoms. The van der Waals surface area contributed by atoms with Gasteiger partial charge in [-0.2, -0.15) is 0 Å². The average molecular weight is 293 g/mol. The minimum Gasteiger partial charge on any atom is -0.452 e. The molecular weight excluding hydrogens is 282 g/mol. The maximum atomic E-state index is 11.9. The van der Waals surface area contributed by atoms with Gasteiger partial charge in [-0.3, -0.25) is 19.2 Å². The van der Waals surface area contributed by atoms with Crippen molar-refractivity contribution >= 4 is 34.8 Å². The van der Waals surface area contributed by atoms with Crippen LogP contribution >= 0.6 is 11.9 Å². The van der Waals surface area contributed by atoms with Crippen LogP contribution in [0, 0.1) is 0 Å². The smallest absolute Gasteiger partial charge is 0.303 e. The Balaban J connectivity index is 2.06. The van der Waals surface area contributed by atoms with E-state index in [-0.39, 0.29) is 6.42 Å². The van der Waals surface area contributed by atoms with Crippen molar-refractivity contribution in [3.63, 3.8) is 0 Å². The molecule has 0 saturated carbocycles. The first-order valence-corrected chi connectivity index (χ1v) is 6.57. The minimum absolute atomic E-state index is 0.229. The van der Waals surface area contributed by atoms with Crippen LogP contribution in [0.25, 0.3) is 0 Å². The summed E-state index contributed by atoms with van der Waals surface area (Å²) in [6.07, 6.45) is -1.36. The van der Waals surface area contributed by atoms with Crippen molar-refractivity contribution in [3.8, 4) is 0 Å². The molecule has 7 heteroatoms. The molecule has 0 bridgehead atoms. The molecule has 1 aliphatic rings. The van der Waals surface area contributed by atoms with Gasteiger partial charge in [0.1, 0.15) is 0 Å². The third kappa shape index (κ3) is 3.05. The maximum Gasteiger partial charge on any atom is 0.303 e. The molecule has 1 aromatic rings. The number of amides is 2. The number of rotatable bonds is 3. The number of carbonyl (C=O) groups excluding carboxylic acids is 4. The molecule has 0 radical (unpaired) electrons. The van der Waals surface area contributed by atoms with E-state index in [9.17, 15) is 19.2 Å². The van der Waals surface area contributed by atoms with Crippen molar-refractivity contribution in [1.29, 1.82) is 0 Å². The molecule has 0 N–H and O–H groups in total. The number of ether oxygens (including phenoxy) is 1. The lowest BCUT2D eigenvalue weighted by Crippen LogP contribution is -2.29. The van der Waals surface area contributed by atoms with E-state index in [0.29, 0.717) is 17.5 Å². The van der Waals surface area contributed by atoms with E-state index >= 15 is 0 Å². The standard InChI is InChI=1S/C13H11NO5S/c1-8(15)19-10-7-11(16)14(12(10)17)20-13(18)9-5-3-2-4-6-9/h2-6,10H,7H2,1H3. The largest absolute Gasteiger partial charge is 0.452 e. The van der Waals surface area contributed by atoms with Crippen LogP contribution in [-0.2, 0) is 19.1 Å². The molecule has 1 aromatic carbocycles. The second-order valence-electron chi connectivity index (χ2n) is 4.07. The zero-order valence-electron chi connectivity index (χ0n) is 10.6. The van der Waals surface area contributed by atoms with Gasteiger partial charge in [0.05, 0.1) is 6.42 Å². The lowest BCUT2D eigenvalue weighted by molar-refractivity contribution is -0.152. The van der Waals surface area contributed by atoms with Crippen molar-refractivity contribution in [1.82, 2.24) is 4.31 Å². The van der Waals surface area contributed by atoms with E-state index in [1.54, 1.807) is 30.3 Å². The topological polar surface area (TPSA) is 80.8 Å². The summed E-state index contributed by atoms with van der Waals surface area (Å²) >= 11 is 0.511. The number of esters is 1. The van der Waals surface area contributed by atoms with Crippen molar-refractivity contribution < 1.29 is 23.9 Å². The van der Waals surface area contributed by atoms with Crippen molar-refractivity contribution in [2.75, 3.05) is 0 Å². The quantitative estimate of drug-likeness (QED) is 0.473. The van der Waals surface area contributed by atoms with Gasteiger partial charge in [-0.05, 0) is 0 Å².